The number of ether oxygens (including phenoxy) is 1. The molecule has 1 fully saturated rings. The van der Waals surface area contributed by atoms with Gasteiger partial charge in [0.2, 0.25) is 5.91 Å². The van der Waals surface area contributed by atoms with Crippen LogP contribution in [0.2, 0.25) is 0 Å². The summed E-state index contributed by atoms with van der Waals surface area (Å²) in [6.45, 7) is 9.19. The highest BCUT2D eigenvalue weighted by Crippen LogP contribution is 2.25. The van der Waals surface area contributed by atoms with E-state index < -0.39 is 29.8 Å². The van der Waals surface area contributed by atoms with Crippen LogP contribution >= 0.6 is 0 Å². The molecule has 0 aromatic rings. The number of carbonyl (C=O) groups is 2. The largest absolute Gasteiger partial charge is 0.444 e. The van der Waals surface area contributed by atoms with E-state index in [1.807, 2.05) is 13.8 Å². The lowest BCUT2D eigenvalue weighted by atomic mass is 10.0. The molecule has 0 aromatic carbocycles. The minimum Gasteiger partial charge on any atom is -0.444 e. The van der Waals surface area contributed by atoms with Gasteiger partial charge in [-0.25, -0.2) is 4.79 Å². The summed E-state index contributed by atoms with van der Waals surface area (Å²) in [6, 6.07) is 0.412. The first-order chi connectivity index (χ1) is 11.1. The van der Waals surface area contributed by atoms with Crippen LogP contribution in [-0.4, -0.2) is 40.6 Å². The zero-order valence-corrected chi connectivity index (χ0v) is 15.1. The Bertz CT molecular complexity index is 529. The third kappa shape index (κ3) is 5.45. The minimum absolute atomic E-state index is 0.182. The summed E-state index contributed by atoms with van der Waals surface area (Å²) in [5.41, 5.74) is -0.653. The molecule has 24 heavy (non-hydrogen) atoms. The second kappa shape index (κ2) is 8.06. The molecule has 6 nitrogen and oxygen atoms in total. The monoisotopic (exact) mass is 333 g/mol. The summed E-state index contributed by atoms with van der Waals surface area (Å²) >= 11 is 0. The van der Waals surface area contributed by atoms with Crippen molar-refractivity contribution in [2.45, 2.75) is 77.6 Å². The lowest BCUT2D eigenvalue weighted by Crippen LogP contribution is -2.53. The molecule has 2 amide bonds. The van der Waals surface area contributed by atoms with Crippen LogP contribution in [-0.2, 0) is 9.53 Å². The van der Waals surface area contributed by atoms with E-state index >= 15 is 0 Å². The van der Waals surface area contributed by atoms with E-state index in [1.54, 1.807) is 20.8 Å². The molecule has 0 aromatic heterocycles. The van der Waals surface area contributed by atoms with Gasteiger partial charge in [0.15, 0.2) is 0 Å². The van der Waals surface area contributed by atoms with Crippen molar-refractivity contribution in [1.82, 2.24) is 10.2 Å². The quantitative estimate of drug-likeness (QED) is 0.801. The number of hydrogen-bond donors (Lipinski definition) is 1. The zero-order chi connectivity index (χ0) is 18.5. The van der Waals surface area contributed by atoms with E-state index in [9.17, 15) is 14.9 Å². The molecule has 1 heterocycles. The predicted octanol–water partition coefficient (Wildman–Crippen LogP) is 2.44. The average Bonchev–Trinajstić information content (AvgIpc) is 2.86. The van der Waals surface area contributed by atoms with E-state index in [2.05, 4.69) is 17.3 Å². The van der Waals surface area contributed by atoms with E-state index in [-0.39, 0.29) is 11.8 Å². The van der Waals surface area contributed by atoms with Gasteiger partial charge < -0.3 is 15.0 Å². The highest BCUT2D eigenvalue weighted by Gasteiger charge is 2.40. The van der Waals surface area contributed by atoms with Gasteiger partial charge in [-0.2, -0.15) is 5.26 Å². The molecule has 6 heteroatoms. The number of nitrogens with one attached hydrogen (secondary N) is 1. The van der Waals surface area contributed by atoms with E-state index in [0.29, 0.717) is 19.3 Å². The molecule has 2 unspecified atom stereocenters. The van der Waals surface area contributed by atoms with Gasteiger partial charge in [-0.1, -0.05) is 19.8 Å². The van der Waals surface area contributed by atoms with Crippen molar-refractivity contribution in [3.05, 3.63) is 0 Å². The first kappa shape index (κ1) is 19.8. The number of carbonyl (C=O) groups excluding carboxylic acids is 2. The van der Waals surface area contributed by atoms with Crippen molar-refractivity contribution in [3.8, 4) is 18.4 Å². The average molecular weight is 333 g/mol. The first-order valence-electron chi connectivity index (χ1n) is 8.26. The zero-order valence-electron chi connectivity index (χ0n) is 15.1. The van der Waals surface area contributed by atoms with Crippen LogP contribution in [0.3, 0.4) is 0 Å². The summed E-state index contributed by atoms with van der Waals surface area (Å²) in [5.74, 6) is 2.43. The standard InChI is InChI=1S/C18H27N3O3/c1-7-13-8-9-14(11-19)21(13)16(22)15(10-12(2)3)20-17(23)24-18(4,5)6/h1,12-15H,8-10H2,2-6H3,(H,20,23)/t13?,14?,15-/m1/s1. The fourth-order valence-electron chi connectivity index (χ4n) is 2.73. The second-order valence-electron chi connectivity index (χ2n) is 7.48. The van der Waals surface area contributed by atoms with Gasteiger partial charge in [0.1, 0.15) is 17.7 Å². The van der Waals surface area contributed by atoms with E-state index in [1.165, 1.54) is 4.90 Å². The summed E-state index contributed by atoms with van der Waals surface area (Å²) < 4.78 is 5.24. The van der Waals surface area contributed by atoms with Crippen LogP contribution in [0, 0.1) is 29.6 Å². The molecule has 0 radical (unpaired) electrons. The molecule has 3 atom stereocenters. The maximum Gasteiger partial charge on any atom is 0.408 e. The van der Waals surface area contributed by atoms with Crippen molar-refractivity contribution < 1.29 is 14.3 Å². The van der Waals surface area contributed by atoms with Crippen molar-refractivity contribution in [2.75, 3.05) is 0 Å². The van der Waals surface area contributed by atoms with Gasteiger partial charge in [-0.15, -0.1) is 6.42 Å². The van der Waals surface area contributed by atoms with Gasteiger partial charge in [0.25, 0.3) is 0 Å². The molecule has 1 aliphatic rings. The number of amides is 2. The van der Waals surface area contributed by atoms with Gasteiger partial charge >= 0.3 is 6.09 Å². The topological polar surface area (TPSA) is 82.4 Å². The summed E-state index contributed by atoms with van der Waals surface area (Å²) in [7, 11) is 0. The molecule has 1 aliphatic heterocycles. The Hall–Kier alpha value is -2.21. The van der Waals surface area contributed by atoms with Crippen LogP contribution in [0.1, 0.15) is 53.9 Å². The molecular formula is C18H27N3O3. The van der Waals surface area contributed by atoms with Crippen LogP contribution in [0.4, 0.5) is 4.79 Å². The Balaban J connectivity index is 2.94. The van der Waals surface area contributed by atoms with Crippen LogP contribution < -0.4 is 5.32 Å². The van der Waals surface area contributed by atoms with E-state index in [0.717, 1.165) is 0 Å². The molecule has 0 bridgehead atoms. The SMILES string of the molecule is C#CC1CCC(C#N)N1C(=O)[C@@H](CC(C)C)NC(=O)OC(C)(C)C. The van der Waals surface area contributed by atoms with Gasteiger partial charge in [-0.05, 0) is 46.0 Å². The molecule has 132 valence electrons. The van der Waals surface area contributed by atoms with Gasteiger partial charge in [-0.3, -0.25) is 4.79 Å². The lowest BCUT2D eigenvalue weighted by molar-refractivity contribution is -0.135. The predicted molar refractivity (Wildman–Crippen MR) is 90.7 cm³/mol. The van der Waals surface area contributed by atoms with Crippen molar-refractivity contribution in [1.29, 1.82) is 5.26 Å². The van der Waals surface area contributed by atoms with Crippen molar-refractivity contribution in [3.63, 3.8) is 0 Å². The summed E-state index contributed by atoms with van der Waals surface area (Å²) in [5, 5.41) is 11.9. The van der Waals surface area contributed by atoms with Crippen LogP contribution in [0.15, 0.2) is 0 Å². The number of terminal acetylenes is 1. The number of nitriles is 1. The van der Waals surface area contributed by atoms with Crippen LogP contribution in [0.25, 0.3) is 0 Å². The number of alkyl carbamates (subject to hydrolysis) is 1. The van der Waals surface area contributed by atoms with Crippen molar-refractivity contribution in [2.24, 2.45) is 5.92 Å². The summed E-state index contributed by atoms with van der Waals surface area (Å²) in [4.78, 5) is 26.4. The minimum atomic E-state index is -0.760. The number of likely N-dealkylation sites (tertiary alicyclic amines) is 1. The Morgan fingerprint density at radius 1 is 1.33 bits per heavy atom. The molecule has 1 saturated heterocycles. The summed E-state index contributed by atoms with van der Waals surface area (Å²) in [6.07, 6.45) is 6.45. The van der Waals surface area contributed by atoms with Crippen molar-refractivity contribution >= 4 is 12.0 Å². The smallest absolute Gasteiger partial charge is 0.408 e. The fraction of sp³-hybridized carbons (Fsp3) is 0.722. The number of rotatable bonds is 4. The van der Waals surface area contributed by atoms with Crippen LogP contribution in [0.5, 0.6) is 0 Å². The van der Waals surface area contributed by atoms with Gasteiger partial charge in [0, 0.05) is 0 Å². The third-order valence-corrected chi connectivity index (χ3v) is 3.68. The Morgan fingerprint density at radius 3 is 2.38 bits per heavy atom. The molecular weight excluding hydrogens is 306 g/mol. The van der Waals surface area contributed by atoms with E-state index in [4.69, 9.17) is 11.2 Å². The fourth-order valence-corrected chi connectivity index (χ4v) is 2.73. The Labute approximate surface area is 144 Å². The highest BCUT2D eigenvalue weighted by molar-refractivity contribution is 5.87. The second-order valence-corrected chi connectivity index (χ2v) is 7.48. The number of nitrogens with zero attached hydrogens (tertiary/aromatic N) is 2. The molecule has 0 aliphatic carbocycles. The first-order valence-corrected chi connectivity index (χ1v) is 8.26. The van der Waals surface area contributed by atoms with Gasteiger partial charge in [0.05, 0.1) is 12.1 Å². The number of hydrogen-bond acceptors (Lipinski definition) is 4. The lowest BCUT2D eigenvalue weighted by Gasteiger charge is -2.30. The molecule has 0 saturated carbocycles. The third-order valence-electron chi connectivity index (χ3n) is 3.68. The molecule has 1 N–H and O–H groups in total. The highest BCUT2D eigenvalue weighted by atomic mass is 16.6. The Kier molecular flexibility index (Phi) is 6.66. The normalized spacial score (nSPS) is 21.8. The molecule has 0 spiro atoms. The maximum atomic E-state index is 12.9. The Morgan fingerprint density at radius 2 is 1.92 bits per heavy atom. The maximum absolute atomic E-state index is 12.9. The molecule has 1 rings (SSSR count).